The zero-order valence-electron chi connectivity index (χ0n) is 14.2. The number of aromatic nitrogens is 2. The summed E-state index contributed by atoms with van der Waals surface area (Å²) in [5.74, 6) is -0.0408. The molecule has 4 rings (SSSR count). The zero-order chi connectivity index (χ0) is 18.6. The number of nitrogens with zero attached hydrogens (tertiary/aromatic N) is 2. The van der Waals surface area contributed by atoms with Crippen molar-refractivity contribution in [3.63, 3.8) is 0 Å². The lowest BCUT2D eigenvalue weighted by molar-refractivity contribution is 0.104. The van der Waals surface area contributed by atoms with Crippen LogP contribution in [0.25, 0.3) is 22.3 Å². The number of benzene rings is 2. The summed E-state index contributed by atoms with van der Waals surface area (Å²) in [5, 5.41) is 6.77. The second kappa shape index (κ2) is 7.86. The summed E-state index contributed by atoms with van der Waals surface area (Å²) >= 11 is 5.04. The van der Waals surface area contributed by atoms with Gasteiger partial charge in [-0.2, -0.15) is 5.10 Å². The number of hydrogen-bond acceptors (Lipinski definition) is 3. The third kappa shape index (κ3) is 3.99. The van der Waals surface area contributed by atoms with E-state index >= 15 is 0 Å². The van der Waals surface area contributed by atoms with Gasteiger partial charge in [0.2, 0.25) is 0 Å². The van der Waals surface area contributed by atoms with Crippen molar-refractivity contribution in [2.75, 3.05) is 0 Å². The van der Waals surface area contributed by atoms with Gasteiger partial charge in [-0.3, -0.25) is 4.79 Å². The van der Waals surface area contributed by atoms with E-state index in [1.807, 2.05) is 89.1 Å². The number of halogens is 1. The van der Waals surface area contributed by atoms with Crippen LogP contribution in [0.2, 0.25) is 0 Å². The topological polar surface area (TPSA) is 34.9 Å². The summed E-state index contributed by atoms with van der Waals surface area (Å²) in [6.45, 7) is 0. The Morgan fingerprint density at radius 1 is 1.04 bits per heavy atom. The Morgan fingerprint density at radius 2 is 1.89 bits per heavy atom. The number of allylic oxidation sites excluding steroid dienone is 1. The van der Waals surface area contributed by atoms with Crippen LogP contribution in [0.1, 0.15) is 15.9 Å². The molecule has 0 radical (unpaired) electrons. The molecule has 0 aliphatic rings. The highest BCUT2D eigenvalue weighted by molar-refractivity contribution is 9.10. The van der Waals surface area contributed by atoms with Crippen LogP contribution in [0.4, 0.5) is 0 Å². The van der Waals surface area contributed by atoms with Crippen LogP contribution >= 0.6 is 27.3 Å². The van der Waals surface area contributed by atoms with Gasteiger partial charge in [0.05, 0.1) is 10.6 Å². The van der Waals surface area contributed by atoms with Gasteiger partial charge >= 0.3 is 0 Å². The first-order valence-corrected chi connectivity index (χ1v) is 10.0. The van der Waals surface area contributed by atoms with Crippen LogP contribution in [0.3, 0.4) is 0 Å². The first-order chi connectivity index (χ1) is 13.2. The van der Waals surface area contributed by atoms with E-state index in [2.05, 4.69) is 15.9 Å². The Labute approximate surface area is 169 Å². The predicted octanol–water partition coefficient (Wildman–Crippen LogP) is 6.26. The molecular formula is C22H15BrN2OS. The van der Waals surface area contributed by atoms with E-state index in [0.717, 1.165) is 26.3 Å². The first kappa shape index (κ1) is 17.6. The van der Waals surface area contributed by atoms with Crippen molar-refractivity contribution >= 4 is 39.1 Å². The molecule has 4 aromatic rings. The first-order valence-electron chi connectivity index (χ1n) is 8.38. The van der Waals surface area contributed by atoms with Gasteiger partial charge in [-0.1, -0.05) is 52.3 Å². The molecule has 0 spiro atoms. The fourth-order valence-corrected chi connectivity index (χ4v) is 3.86. The molecule has 0 aliphatic carbocycles. The van der Waals surface area contributed by atoms with Crippen LogP contribution in [0.5, 0.6) is 0 Å². The molecule has 0 saturated carbocycles. The van der Waals surface area contributed by atoms with E-state index in [1.54, 1.807) is 17.4 Å². The summed E-state index contributed by atoms with van der Waals surface area (Å²) in [5.41, 5.74) is 3.40. The van der Waals surface area contributed by atoms with Gasteiger partial charge in [0.25, 0.3) is 0 Å². The number of ketones is 1. The Bertz CT molecular complexity index is 1100. The lowest BCUT2D eigenvalue weighted by Gasteiger charge is -1.99. The fourth-order valence-electron chi connectivity index (χ4n) is 2.73. The maximum absolute atomic E-state index is 12.5. The molecule has 0 aliphatic heterocycles. The Kier molecular flexibility index (Phi) is 5.14. The SMILES string of the molecule is O=C(C=Cc1cn(-c2ccccc2)nc1-c1cccs1)c1cccc(Br)c1. The third-order valence-electron chi connectivity index (χ3n) is 4.04. The van der Waals surface area contributed by atoms with E-state index in [-0.39, 0.29) is 5.78 Å². The highest BCUT2D eigenvalue weighted by atomic mass is 79.9. The average Bonchev–Trinajstić information content (AvgIpc) is 3.36. The van der Waals surface area contributed by atoms with E-state index < -0.39 is 0 Å². The highest BCUT2D eigenvalue weighted by Crippen LogP contribution is 2.28. The van der Waals surface area contributed by atoms with Crippen LogP contribution < -0.4 is 0 Å². The van der Waals surface area contributed by atoms with Crippen LogP contribution in [-0.4, -0.2) is 15.6 Å². The minimum Gasteiger partial charge on any atom is -0.289 e. The summed E-state index contributed by atoms with van der Waals surface area (Å²) in [6.07, 6.45) is 5.39. The third-order valence-corrected chi connectivity index (χ3v) is 5.41. The van der Waals surface area contributed by atoms with Gasteiger partial charge in [0.15, 0.2) is 5.78 Å². The standard InChI is InChI=1S/C22H15BrN2OS/c23-18-7-4-6-16(14-18)20(26)12-11-17-15-25(19-8-2-1-3-9-19)24-22(17)21-10-5-13-27-21/h1-15H. The lowest BCUT2D eigenvalue weighted by atomic mass is 10.1. The number of carbonyl (C=O) groups is 1. The Morgan fingerprint density at radius 3 is 2.63 bits per heavy atom. The fraction of sp³-hybridized carbons (Fsp3) is 0. The largest absolute Gasteiger partial charge is 0.289 e. The highest BCUT2D eigenvalue weighted by Gasteiger charge is 2.12. The monoisotopic (exact) mass is 434 g/mol. The molecule has 132 valence electrons. The van der Waals surface area contributed by atoms with Crippen LogP contribution in [0, 0.1) is 0 Å². The van der Waals surface area contributed by atoms with Crippen molar-refractivity contribution in [3.05, 3.63) is 100.0 Å². The van der Waals surface area contributed by atoms with E-state index in [0.29, 0.717) is 5.56 Å². The molecule has 0 atom stereocenters. The van der Waals surface area contributed by atoms with Crippen molar-refractivity contribution in [3.8, 4) is 16.3 Å². The Balaban J connectivity index is 1.71. The number of carbonyl (C=O) groups excluding carboxylic acids is 1. The molecule has 3 nitrogen and oxygen atoms in total. The second-order valence-electron chi connectivity index (χ2n) is 5.90. The average molecular weight is 435 g/mol. The van der Waals surface area contributed by atoms with Crippen molar-refractivity contribution in [1.29, 1.82) is 0 Å². The minimum atomic E-state index is -0.0408. The molecule has 2 heterocycles. The normalized spacial score (nSPS) is 11.1. The summed E-state index contributed by atoms with van der Waals surface area (Å²) in [6, 6.07) is 21.4. The summed E-state index contributed by atoms with van der Waals surface area (Å²) in [4.78, 5) is 13.6. The van der Waals surface area contributed by atoms with Crippen molar-refractivity contribution in [1.82, 2.24) is 9.78 Å². The molecule has 27 heavy (non-hydrogen) atoms. The molecular weight excluding hydrogens is 420 g/mol. The molecule has 2 aromatic carbocycles. The lowest BCUT2D eigenvalue weighted by Crippen LogP contribution is -1.93. The van der Waals surface area contributed by atoms with Crippen LogP contribution in [0.15, 0.2) is 88.9 Å². The quantitative estimate of drug-likeness (QED) is 0.274. The van der Waals surface area contributed by atoms with Gasteiger partial charge in [-0.15, -0.1) is 11.3 Å². The van der Waals surface area contributed by atoms with Crippen LogP contribution in [-0.2, 0) is 0 Å². The summed E-state index contributed by atoms with van der Waals surface area (Å²) in [7, 11) is 0. The van der Waals surface area contributed by atoms with Gasteiger partial charge < -0.3 is 0 Å². The maximum Gasteiger partial charge on any atom is 0.185 e. The van der Waals surface area contributed by atoms with Crippen molar-refractivity contribution in [2.45, 2.75) is 0 Å². The molecule has 0 fully saturated rings. The molecule has 0 N–H and O–H groups in total. The molecule has 0 unspecified atom stereocenters. The van der Waals surface area contributed by atoms with Gasteiger partial charge in [-0.25, -0.2) is 4.68 Å². The van der Waals surface area contributed by atoms with Crippen molar-refractivity contribution < 1.29 is 4.79 Å². The van der Waals surface area contributed by atoms with E-state index in [1.165, 1.54) is 0 Å². The van der Waals surface area contributed by atoms with E-state index in [9.17, 15) is 4.79 Å². The van der Waals surface area contributed by atoms with Gasteiger partial charge in [0, 0.05) is 21.8 Å². The number of hydrogen-bond donors (Lipinski definition) is 0. The van der Waals surface area contributed by atoms with E-state index in [4.69, 9.17) is 5.10 Å². The molecule has 5 heteroatoms. The summed E-state index contributed by atoms with van der Waals surface area (Å²) < 4.78 is 2.73. The number of rotatable bonds is 5. The predicted molar refractivity (Wildman–Crippen MR) is 114 cm³/mol. The molecule has 2 aromatic heterocycles. The molecule has 0 amide bonds. The Hall–Kier alpha value is -2.76. The van der Waals surface area contributed by atoms with Gasteiger partial charge in [0.1, 0.15) is 5.69 Å². The zero-order valence-corrected chi connectivity index (χ0v) is 16.7. The molecule has 0 bridgehead atoms. The smallest absolute Gasteiger partial charge is 0.185 e. The number of thiophene rings is 1. The van der Waals surface area contributed by atoms with Crippen molar-refractivity contribution in [2.24, 2.45) is 0 Å². The van der Waals surface area contributed by atoms with Gasteiger partial charge in [-0.05, 0) is 47.9 Å². The molecule has 0 saturated heterocycles. The second-order valence-corrected chi connectivity index (χ2v) is 7.76. The minimum absolute atomic E-state index is 0.0408. The number of para-hydroxylation sites is 1. The maximum atomic E-state index is 12.5.